The van der Waals surface area contributed by atoms with Crippen LogP contribution in [0.4, 0.5) is 0 Å². The first-order valence-corrected chi connectivity index (χ1v) is 5.87. The second-order valence-electron chi connectivity index (χ2n) is 5.04. The lowest BCUT2D eigenvalue weighted by atomic mass is 9.82. The number of halogens is 3. The number of aliphatic hydroxyl groups is 1. The molecule has 0 unspecified atom stereocenters. The molecule has 0 fully saturated rings. The molecule has 17 heavy (non-hydrogen) atoms. The first-order valence-electron chi connectivity index (χ1n) is 5.11. The molecule has 0 aromatic heterocycles. The first kappa shape index (κ1) is 17.0. The number of aliphatic hydroxyl groups excluding tert-OH is 1. The molecule has 5 heteroatoms. The quantitative estimate of drug-likeness (QED) is 0.872. The summed E-state index contributed by atoms with van der Waals surface area (Å²) in [6.45, 7) is 5.80. The maximum Gasteiger partial charge on any atom is 0.0780 e. The predicted octanol–water partition coefficient (Wildman–Crippen LogP) is 3.82. The smallest absolute Gasteiger partial charge is 0.0780 e. The summed E-state index contributed by atoms with van der Waals surface area (Å²) in [5.41, 5.74) is 6.46. The molecule has 1 aromatic carbocycles. The van der Waals surface area contributed by atoms with Crippen LogP contribution in [0, 0.1) is 5.41 Å². The van der Waals surface area contributed by atoms with E-state index in [0.29, 0.717) is 10.0 Å². The molecule has 0 saturated heterocycles. The lowest BCUT2D eigenvalue weighted by molar-refractivity contribution is 0.0401. The van der Waals surface area contributed by atoms with E-state index in [1.165, 1.54) is 0 Å². The zero-order valence-electron chi connectivity index (χ0n) is 10.1. The molecule has 0 radical (unpaired) electrons. The molecule has 0 aliphatic rings. The van der Waals surface area contributed by atoms with Gasteiger partial charge in [0.2, 0.25) is 0 Å². The minimum atomic E-state index is -0.651. The van der Waals surface area contributed by atoms with Gasteiger partial charge in [-0.05, 0) is 29.2 Å². The van der Waals surface area contributed by atoms with E-state index < -0.39 is 12.1 Å². The average Bonchev–Trinajstić information content (AvgIpc) is 2.12. The summed E-state index contributed by atoms with van der Waals surface area (Å²) >= 11 is 11.8. The molecule has 0 amide bonds. The molecule has 0 aliphatic heterocycles. The number of hydrogen-bond acceptors (Lipinski definition) is 2. The molecule has 0 heterocycles. The van der Waals surface area contributed by atoms with E-state index in [0.717, 1.165) is 5.56 Å². The van der Waals surface area contributed by atoms with E-state index in [9.17, 15) is 5.11 Å². The molecule has 0 saturated carbocycles. The Morgan fingerprint density at radius 3 is 1.88 bits per heavy atom. The summed E-state index contributed by atoms with van der Waals surface area (Å²) in [5, 5.41) is 11.1. The van der Waals surface area contributed by atoms with Gasteiger partial charge in [-0.1, -0.05) is 44.0 Å². The highest BCUT2D eigenvalue weighted by Gasteiger charge is 2.29. The molecule has 2 atom stereocenters. The molecular weight excluding hydrogens is 280 g/mol. The molecule has 0 spiro atoms. The van der Waals surface area contributed by atoms with Crippen molar-refractivity contribution in [3.05, 3.63) is 33.8 Å². The van der Waals surface area contributed by atoms with Gasteiger partial charge in [0.15, 0.2) is 0 Å². The zero-order chi connectivity index (χ0) is 12.5. The van der Waals surface area contributed by atoms with Crippen molar-refractivity contribution in [3.63, 3.8) is 0 Å². The standard InChI is InChI=1S/C12H17Cl2NO.ClH/c1-12(2,3)11(16)10(15)7-4-8(13)6-9(14)5-7;/h4-6,10-11,16H,15H2,1-3H3;1H/t10-,11-;/m1./s1. The van der Waals surface area contributed by atoms with Crippen LogP contribution in [0.2, 0.25) is 10.0 Å². The fourth-order valence-electron chi connectivity index (χ4n) is 1.49. The van der Waals surface area contributed by atoms with Crippen molar-refractivity contribution < 1.29 is 5.11 Å². The fourth-order valence-corrected chi connectivity index (χ4v) is 2.03. The third-order valence-corrected chi connectivity index (χ3v) is 2.93. The van der Waals surface area contributed by atoms with E-state index in [2.05, 4.69) is 0 Å². The molecule has 1 rings (SSSR count). The summed E-state index contributed by atoms with van der Waals surface area (Å²) in [6, 6.07) is 4.61. The molecular formula is C12H18Cl3NO. The maximum atomic E-state index is 10.1. The predicted molar refractivity (Wildman–Crippen MR) is 76.1 cm³/mol. The van der Waals surface area contributed by atoms with Crippen LogP contribution < -0.4 is 5.73 Å². The normalized spacial score (nSPS) is 15.0. The Morgan fingerprint density at radius 2 is 1.53 bits per heavy atom. The largest absolute Gasteiger partial charge is 0.391 e. The Hall–Kier alpha value is 0.01000. The zero-order valence-corrected chi connectivity index (χ0v) is 12.4. The molecule has 0 aliphatic carbocycles. The molecule has 2 nitrogen and oxygen atoms in total. The number of rotatable bonds is 2. The number of hydrogen-bond donors (Lipinski definition) is 2. The van der Waals surface area contributed by atoms with Crippen molar-refractivity contribution in [1.82, 2.24) is 0 Å². The highest BCUT2D eigenvalue weighted by molar-refractivity contribution is 6.34. The summed E-state index contributed by atoms with van der Waals surface area (Å²) in [4.78, 5) is 0. The summed E-state index contributed by atoms with van der Waals surface area (Å²) in [5.74, 6) is 0. The highest BCUT2D eigenvalue weighted by atomic mass is 35.5. The van der Waals surface area contributed by atoms with Crippen molar-refractivity contribution in [3.8, 4) is 0 Å². The van der Waals surface area contributed by atoms with Crippen LogP contribution in [0.5, 0.6) is 0 Å². The van der Waals surface area contributed by atoms with Gasteiger partial charge in [-0.25, -0.2) is 0 Å². The third kappa shape index (κ3) is 4.65. The van der Waals surface area contributed by atoms with E-state index >= 15 is 0 Å². The van der Waals surface area contributed by atoms with Crippen LogP contribution in [-0.2, 0) is 0 Å². The van der Waals surface area contributed by atoms with Crippen molar-refractivity contribution in [1.29, 1.82) is 0 Å². The van der Waals surface area contributed by atoms with Crippen molar-refractivity contribution in [2.45, 2.75) is 32.9 Å². The fraction of sp³-hybridized carbons (Fsp3) is 0.500. The van der Waals surface area contributed by atoms with E-state index in [4.69, 9.17) is 28.9 Å². The second-order valence-corrected chi connectivity index (χ2v) is 5.91. The van der Waals surface area contributed by atoms with Crippen molar-refractivity contribution in [2.24, 2.45) is 11.1 Å². The van der Waals surface area contributed by atoms with Crippen LogP contribution >= 0.6 is 35.6 Å². The summed E-state index contributed by atoms with van der Waals surface area (Å²) < 4.78 is 0. The minimum Gasteiger partial charge on any atom is -0.391 e. The van der Waals surface area contributed by atoms with Crippen LogP contribution in [0.3, 0.4) is 0 Å². The monoisotopic (exact) mass is 297 g/mol. The Labute approximate surface area is 119 Å². The van der Waals surface area contributed by atoms with Gasteiger partial charge in [0.1, 0.15) is 0 Å². The second kappa shape index (κ2) is 6.26. The molecule has 98 valence electrons. The average molecular weight is 299 g/mol. The Balaban J connectivity index is 0.00000256. The van der Waals surface area contributed by atoms with Crippen LogP contribution in [0.1, 0.15) is 32.4 Å². The Morgan fingerprint density at radius 1 is 1.12 bits per heavy atom. The van der Waals surface area contributed by atoms with Gasteiger partial charge in [-0.2, -0.15) is 0 Å². The lowest BCUT2D eigenvalue weighted by Gasteiger charge is -2.31. The van der Waals surface area contributed by atoms with E-state index in [1.807, 2.05) is 20.8 Å². The van der Waals surface area contributed by atoms with Gasteiger partial charge in [0.25, 0.3) is 0 Å². The van der Waals surface area contributed by atoms with Crippen LogP contribution in [0.15, 0.2) is 18.2 Å². The summed E-state index contributed by atoms with van der Waals surface area (Å²) in [7, 11) is 0. The van der Waals surface area contributed by atoms with Crippen LogP contribution in [-0.4, -0.2) is 11.2 Å². The van der Waals surface area contributed by atoms with Gasteiger partial charge in [-0.3, -0.25) is 0 Å². The van der Waals surface area contributed by atoms with Gasteiger partial charge >= 0.3 is 0 Å². The Bertz CT molecular complexity index is 356. The molecule has 0 bridgehead atoms. The van der Waals surface area contributed by atoms with Crippen molar-refractivity contribution >= 4 is 35.6 Å². The van der Waals surface area contributed by atoms with Crippen LogP contribution in [0.25, 0.3) is 0 Å². The molecule has 3 N–H and O–H groups in total. The van der Waals surface area contributed by atoms with Gasteiger partial charge in [0.05, 0.1) is 12.1 Å². The SMILES string of the molecule is CC(C)(C)[C@H](O)[C@H](N)c1cc(Cl)cc(Cl)c1.Cl. The van der Waals surface area contributed by atoms with Gasteiger partial charge < -0.3 is 10.8 Å². The topological polar surface area (TPSA) is 46.2 Å². The van der Waals surface area contributed by atoms with Gasteiger partial charge in [-0.15, -0.1) is 12.4 Å². The van der Waals surface area contributed by atoms with E-state index in [1.54, 1.807) is 18.2 Å². The Kier molecular flexibility index (Phi) is 6.26. The lowest BCUT2D eigenvalue weighted by Crippen LogP contribution is -2.36. The third-order valence-electron chi connectivity index (χ3n) is 2.50. The maximum absolute atomic E-state index is 10.1. The number of nitrogens with two attached hydrogens (primary N) is 1. The first-order chi connectivity index (χ1) is 7.21. The molecule has 1 aromatic rings. The van der Waals surface area contributed by atoms with Crippen molar-refractivity contribution in [2.75, 3.05) is 0 Å². The minimum absolute atomic E-state index is 0. The van der Waals surface area contributed by atoms with Gasteiger partial charge in [0, 0.05) is 10.0 Å². The van der Waals surface area contributed by atoms with E-state index in [-0.39, 0.29) is 17.8 Å². The summed E-state index contributed by atoms with van der Waals surface area (Å²) in [6.07, 6.45) is -0.651. The highest BCUT2D eigenvalue weighted by Crippen LogP contribution is 2.31. The number of benzene rings is 1.